The fourth-order valence-electron chi connectivity index (χ4n) is 1.73. The van der Waals surface area contributed by atoms with Crippen LogP contribution in [-0.4, -0.2) is 32.4 Å². The van der Waals surface area contributed by atoms with E-state index in [1.807, 2.05) is 0 Å². The summed E-state index contributed by atoms with van der Waals surface area (Å²) in [4.78, 5) is 15.8. The van der Waals surface area contributed by atoms with Crippen molar-refractivity contribution in [1.82, 2.24) is 19.5 Å². The van der Waals surface area contributed by atoms with Gasteiger partial charge in [0.05, 0.1) is 6.26 Å². The van der Waals surface area contributed by atoms with Crippen molar-refractivity contribution in [2.75, 3.05) is 0 Å². The monoisotopic (exact) mass is 233 g/mol. The second-order valence-electron chi connectivity index (χ2n) is 3.48. The standard InChI is InChI=1S/C10H8FN5O/c1-12-8-7-9(14-4-13-8)16(5-15-7)10-6(11)2-3-17-10/h2-6,10H,1H2. The van der Waals surface area contributed by atoms with Crippen molar-refractivity contribution < 1.29 is 9.13 Å². The Morgan fingerprint density at radius 3 is 3.00 bits per heavy atom. The van der Waals surface area contributed by atoms with Crippen LogP contribution in [-0.2, 0) is 4.74 Å². The van der Waals surface area contributed by atoms with Crippen LogP contribution in [0.4, 0.5) is 10.2 Å². The maximum atomic E-state index is 13.5. The summed E-state index contributed by atoms with van der Waals surface area (Å²) in [5, 5.41) is 0. The highest BCUT2D eigenvalue weighted by molar-refractivity contribution is 5.81. The summed E-state index contributed by atoms with van der Waals surface area (Å²) in [6, 6.07) is 0. The Morgan fingerprint density at radius 2 is 2.29 bits per heavy atom. The fraction of sp³-hybridized carbons (Fsp3) is 0.200. The first-order valence-corrected chi connectivity index (χ1v) is 4.91. The van der Waals surface area contributed by atoms with Crippen LogP contribution in [0, 0.1) is 0 Å². The van der Waals surface area contributed by atoms with Gasteiger partial charge in [-0.1, -0.05) is 0 Å². The number of rotatable bonds is 2. The van der Waals surface area contributed by atoms with E-state index in [-0.39, 0.29) is 0 Å². The van der Waals surface area contributed by atoms with Crippen molar-refractivity contribution in [3.8, 4) is 0 Å². The molecule has 7 heteroatoms. The third-order valence-electron chi connectivity index (χ3n) is 2.52. The molecule has 0 aromatic carbocycles. The summed E-state index contributed by atoms with van der Waals surface area (Å²) in [5.74, 6) is 0.370. The molecule has 0 saturated heterocycles. The number of aliphatic imine (C=N–C) groups is 1. The minimum atomic E-state index is -1.22. The van der Waals surface area contributed by atoms with Gasteiger partial charge >= 0.3 is 0 Å². The first kappa shape index (κ1) is 9.88. The number of alkyl halides is 1. The molecule has 86 valence electrons. The minimum Gasteiger partial charge on any atom is -0.474 e. The smallest absolute Gasteiger partial charge is 0.212 e. The maximum Gasteiger partial charge on any atom is 0.212 e. The molecule has 1 aliphatic rings. The molecule has 2 atom stereocenters. The topological polar surface area (TPSA) is 65.2 Å². The first-order valence-electron chi connectivity index (χ1n) is 4.91. The molecule has 17 heavy (non-hydrogen) atoms. The molecule has 0 aliphatic carbocycles. The van der Waals surface area contributed by atoms with E-state index in [1.54, 1.807) is 0 Å². The first-order chi connectivity index (χ1) is 8.31. The van der Waals surface area contributed by atoms with Crippen LogP contribution < -0.4 is 0 Å². The number of halogens is 1. The van der Waals surface area contributed by atoms with Gasteiger partial charge in [-0.2, -0.15) is 0 Å². The molecule has 3 heterocycles. The van der Waals surface area contributed by atoms with Gasteiger partial charge in [-0.05, 0) is 12.8 Å². The van der Waals surface area contributed by atoms with Crippen molar-refractivity contribution >= 4 is 23.7 Å². The lowest BCUT2D eigenvalue weighted by Gasteiger charge is -2.14. The quantitative estimate of drug-likeness (QED) is 0.738. The average molecular weight is 233 g/mol. The zero-order valence-electron chi connectivity index (χ0n) is 8.69. The van der Waals surface area contributed by atoms with Crippen molar-refractivity contribution in [2.24, 2.45) is 4.99 Å². The Kier molecular flexibility index (Phi) is 2.10. The summed E-state index contributed by atoms with van der Waals surface area (Å²) < 4.78 is 20.2. The Balaban J connectivity index is 2.15. The van der Waals surface area contributed by atoms with Gasteiger partial charge in [-0.25, -0.2) is 24.3 Å². The molecule has 0 saturated carbocycles. The van der Waals surface area contributed by atoms with Crippen LogP contribution in [0.25, 0.3) is 11.2 Å². The predicted octanol–water partition coefficient (Wildman–Crippen LogP) is 1.54. The van der Waals surface area contributed by atoms with Crippen LogP contribution in [0.15, 0.2) is 30.0 Å². The van der Waals surface area contributed by atoms with E-state index < -0.39 is 12.4 Å². The number of imidazole rings is 1. The number of ether oxygens (including phenoxy) is 1. The summed E-state index contributed by atoms with van der Waals surface area (Å²) in [7, 11) is 0. The molecule has 0 bridgehead atoms. The van der Waals surface area contributed by atoms with Gasteiger partial charge in [0.1, 0.15) is 12.7 Å². The van der Waals surface area contributed by atoms with Crippen LogP contribution in [0.3, 0.4) is 0 Å². The van der Waals surface area contributed by atoms with Gasteiger partial charge in [-0.3, -0.25) is 4.57 Å². The summed E-state index contributed by atoms with van der Waals surface area (Å²) in [6.07, 6.45) is 3.47. The van der Waals surface area contributed by atoms with Crippen molar-refractivity contribution in [3.63, 3.8) is 0 Å². The van der Waals surface area contributed by atoms with E-state index in [2.05, 4.69) is 26.7 Å². The largest absolute Gasteiger partial charge is 0.474 e. The van der Waals surface area contributed by atoms with Crippen molar-refractivity contribution in [3.05, 3.63) is 25.0 Å². The van der Waals surface area contributed by atoms with Crippen LogP contribution >= 0.6 is 0 Å². The number of hydrogen-bond donors (Lipinski definition) is 0. The molecule has 2 aromatic rings. The normalized spacial score (nSPS) is 22.9. The Hall–Kier alpha value is -2.31. The molecule has 0 fully saturated rings. The average Bonchev–Trinajstić information content (AvgIpc) is 2.94. The second kappa shape index (κ2) is 3.62. The second-order valence-corrected chi connectivity index (χ2v) is 3.48. The molecule has 3 rings (SSSR count). The van der Waals surface area contributed by atoms with Crippen LogP contribution in [0.1, 0.15) is 6.23 Å². The lowest BCUT2D eigenvalue weighted by atomic mass is 10.3. The Labute approximate surface area is 95.5 Å². The lowest BCUT2D eigenvalue weighted by molar-refractivity contribution is 0.0541. The van der Waals surface area contributed by atoms with Gasteiger partial charge in [0.15, 0.2) is 23.2 Å². The third-order valence-corrected chi connectivity index (χ3v) is 2.52. The molecule has 2 unspecified atom stereocenters. The number of hydrogen-bond acceptors (Lipinski definition) is 5. The van der Waals surface area contributed by atoms with Crippen LogP contribution in [0.5, 0.6) is 0 Å². The number of nitrogens with zero attached hydrogens (tertiary/aromatic N) is 5. The zero-order chi connectivity index (χ0) is 11.8. The van der Waals surface area contributed by atoms with Gasteiger partial charge in [-0.15, -0.1) is 0 Å². The van der Waals surface area contributed by atoms with E-state index in [1.165, 1.54) is 29.6 Å². The Morgan fingerprint density at radius 1 is 1.41 bits per heavy atom. The van der Waals surface area contributed by atoms with Gasteiger partial charge in [0.2, 0.25) is 6.23 Å². The SMILES string of the molecule is C=Nc1ncnc2c1ncn2C1OC=CC1F. The molecular formula is C10H8FN5O. The van der Waals surface area contributed by atoms with E-state index in [4.69, 9.17) is 4.74 Å². The molecule has 0 N–H and O–H groups in total. The Bertz CT molecular complexity index is 608. The summed E-state index contributed by atoms with van der Waals surface area (Å²) >= 11 is 0. The highest BCUT2D eigenvalue weighted by Crippen LogP contribution is 2.28. The van der Waals surface area contributed by atoms with E-state index in [0.29, 0.717) is 17.0 Å². The van der Waals surface area contributed by atoms with Crippen molar-refractivity contribution in [1.29, 1.82) is 0 Å². The molecule has 0 spiro atoms. The zero-order valence-corrected chi connectivity index (χ0v) is 8.69. The van der Waals surface area contributed by atoms with Crippen LogP contribution in [0.2, 0.25) is 0 Å². The minimum absolute atomic E-state index is 0.370. The van der Waals surface area contributed by atoms with Gasteiger partial charge < -0.3 is 4.74 Å². The molecule has 0 amide bonds. The highest BCUT2D eigenvalue weighted by Gasteiger charge is 2.28. The molecule has 0 radical (unpaired) electrons. The number of aromatic nitrogens is 4. The predicted molar refractivity (Wildman–Crippen MR) is 58.7 cm³/mol. The summed E-state index contributed by atoms with van der Waals surface area (Å²) in [5.41, 5.74) is 0.948. The third kappa shape index (κ3) is 1.39. The number of fused-ring (bicyclic) bond motifs is 1. The van der Waals surface area contributed by atoms with Gasteiger partial charge in [0.25, 0.3) is 0 Å². The maximum absolute atomic E-state index is 13.5. The van der Waals surface area contributed by atoms with E-state index in [9.17, 15) is 4.39 Å². The lowest BCUT2D eigenvalue weighted by Crippen LogP contribution is -2.16. The van der Waals surface area contributed by atoms with Gasteiger partial charge in [0, 0.05) is 0 Å². The molecular weight excluding hydrogens is 225 g/mol. The molecule has 6 nitrogen and oxygen atoms in total. The van der Waals surface area contributed by atoms with E-state index >= 15 is 0 Å². The highest BCUT2D eigenvalue weighted by atomic mass is 19.1. The molecule has 1 aliphatic heterocycles. The van der Waals surface area contributed by atoms with E-state index in [0.717, 1.165) is 0 Å². The fourth-order valence-corrected chi connectivity index (χ4v) is 1.73. The molecule has 2 aromatic heterocycles. The summed E-state index contributed by atoms with van der Waals surface area (Å²) in [6.45, 7) is 3.40. The van der Waals surface area contributed by atoms with Crippen molar-refractivity contribution in [2.45, 2.75) is 12.4 Å².